The zero-order chi connectivity index (χ0) is 14.7. The Labute approximate surface area is 122 Å². The Morgan fingerprint density at radius 1 is 0.857 bits per heavy atom. The van der Waals surface area contributed by atoms with Crippen LogP contribution in [-0.4, -0.2) is 24.2 Å². The summed E-state index contributed by atoms with van der Waals surface area (Å²) in [5, 5.41) is 4.11. The minimum Gasteiger partial charge on any atom is -0.496 e. The van der Waals surface area contributed by atoms with Crippen LogP contribution < -0.4 is 14.8 Å². The maximum atomic E-state index is 5.42. The van der Waals surface area contributed by atoms with E-state index in [-0.39, 0.29) is 0 Å². The lowest BCUT2D eigenvalue weighted by molar-refractivity contribution is 0.382. The van der Waals surface area contributed by atoms with Crippen LogP contribution in [0, 0.1) is 0 Å². The van der Waals surface area contributed by atoms with Gasteiger partial charge in [0.15, 0.2) is 0 Å². The Kier molecular flexibility index (Phi) is 3.55. The van der Waals surface area contributed by atoms with Gasteiger partial charge >= 0.3 is 6.01 Å². The van der Waals surface area contributed by atoms with E-state index >= 15 is 0 Å². The molecule has 0 fully saturated rings. The molecular weight excluding hydrogens is 266 g/mol. The van der Waals surface area contributed by atoms with E-state index in [0.717, 1.165) is 16.6 Å². The van der Waals surface area contributed by atoms with Crippen LogP contribution in [0.5, 0.6) is 11.8 Å². The molecule has 5 heteroatoms. The molecule has 3 rings (SSSR count). The van der Waals surface area contributed by atoms with Gasteiger partial charge in [0.05, 0.1) is 25.1 Å². The summed E-state index contributed by atoms with van der Waals surface area (Å²) in [7, 11) is 3.18. The average molecular weight is 281 g/mol. The number of ether oxygens (including phenoxy) is 2. The molecule has 1 heterocycles. The molecular formula is C16H15N3O2. The van der Waals surface area contributed by atoms with E-state index in [2.05, 4.69) is 15.3 Å². The van der Waals surface area contributed by atoms with E-state index in [1.165, 1.54) is 0 Å². The Balaban J connectivity index is 2.18. The number of anilines is 2. The van der Waals surface area contributed by atoms with Crippen molar-refractivity contribution in [2.24, 2.45) is 0 Å². The highest BCUT2D eigenvalue weighted by atomic mass is 16.5. The molecule has 1 N–H and O–H groups in total. The Bertz CT molecular complexity index is 760. The van der Waals surface area contributed by atoms with Gasteiger partial charge in [-0.15, -0.1) is 0 Å². The molecule has 0 atom stereocenters. The lowest BCUT2D eigenvalue weighted by atomic mass is 10.2. The summed E-state index contributed by atoms with van der Waals surface area (Å²) < 4.78 is 10.6. The van der Waals surface area contributed by atoms with Gasteiger partial charge in [-0.3, -0.25) is 0 Å². The van der Waals surface area contributed by atoms with Crippen LogP contribution in [0.1, 0.15) is 0 Å². The fourth-order valence-electron chi connectivity index (χ4n) is 2.14. The van der Waals surface area contributed by atoms with Gasteiger partial charge in [0, 0.05) is 5.69 Å². The summed E-state index contributed by atoms with van der Waals surface area (Å²) in [4.78, 5) is 8.75. The van der Waals surface area contributed by atoms with E-state index < -0.39 is 0 Å². The maximum Gasteiger partial charge on any atom is 0.318 e. The van der Waals surface area contributed by atoms with Crippen molar-refractivity contribution in [2.45, 2.75) is 0 Å². The lowest BCUT2D eigenvalue weighted by Crippen LogP contribution is -2.01. The van der Waals surface area contributed by atoms with Crippen molar-refractivity contribution in [3.63, 3.8) is 0 Å². The largest absolute Gasteiger partial charge is 0.496 e. The first-order valence-electron chi connectivity index (χ1n) is 6.52. The summed E-state index contributed by atoms with van der Waals surface area (Å²) in [6.45, 7) is 0. The standard InChI is InChI=1S/C16H15N3O2/c1-20-13-10-6-9-12-14(13)15(19-16(18-12)21-2)17-11-7-4-3-5-8-11/h3-10H,1-2H3,(H,17,18,19). The molecule has 0 radical (unpaired) electrons. The van der Waals surface area contributed by atoms with Gasteiger partial charge in [0.1, 0.15) is 11.6 Å². The molecule has 0 bridgehead atoms. The molecule has 1 aromatic heterocycles. The normalized spacial score (nSPS) is 10.4. The smallest absolute Gasteiger partial charge is 0.318 e. The summed E-state index contributed by atoms with van der Waals surface area (Å²) in [6, 6.07) is 15.8. The van der Waals surface area contributed by atoms with Gasteiger partial charge in [-0.1, -0.05) is 24.3 Å². The van der Waals surface area contributed by atoms with Gasteiger partial charge in [-0.2, -0.15) is 9.97 Å². The fourth-order valence-corrected chi connectivity index (χ4v) is 2.14. The van der Waals surface area contributed by atoms with Crippen molar-refractivity contribution < 1.29 is 9.47 Å². The Hall–Kier alpha value is -2.82. The quantitative estimate of drug-likeness (QED) is 0.794. The molecule has 2 aromatic carbocycles. The van der Waals surface area contributed by atoms with Gasteiger partial charge in [0.2, 0.25) is 0 Å². The zero-order valence-corrected chi connectivity index (χ0v) is 11.8. The molecule has 0 aliphatic carbocycles. The third-order valence-electron chi connectivity index (χ3n) is 3.10. The molecule has 0 amide bonds. The van der Waals surface area contributed by atoms with Crippen molar-refractivity contribution in [3.05, 3.63) is 48.5 Å². The van der Waals surface area contributed by atoms with E-state index in [4.69, 9.17) is 9.47 Å². The van der Waals surface area contributed by atoms with E-state index in [1.54, 1.807) is 14.2 Å². The van der Waals surface area contributed by atoms with Crippen molar-refractivity contribution in [1.82, 2.24) is 9.97 Å². The molecule has 3 aromatic rings. The Morgan fingerprint density at radius 3 is 2.38 bits per heavy atom. The number of methoxy groups -OCH3 is 2. The monoisotopic (exact) mass is 281 g/mol. The molecule has 106 valence electrons. The first kappa shape index (κ1) is 13.2. The van der Waals surface area contributed by atoms with Crippen LogP contribution in [0.4, 0.5) is 11.5 Å². The molecule has 0 spiro atoms. The van der Waals surface area contributed by atoms with Crippen LogP contribution in [0.3, 0.4) is 0 Å². The van der Waals surface area contributed by atoms with Crippen LogP contribution in [0.2, 0.25) is 0 Å². The number of aromatic nitrogens is 2. The van der Waals surface area contributed by atoms with Crippen LogP contribution in [0.25, 0.3) is 10.9 Å². The summed E-state index contributed by atoms with van der Waals surface area (Å²) >= 11 is 0. The third kappa shape index (κ3) is 2.58. The van der Waals surface area contributed by atoms with Crippen molar-refractivity contribution in [1.29, 1.82) is 0 Å². The van der Waals surface area contributed by atoms with E-state index in [0.29, 0.717) is 17.6 Å². The molecule has 0 saturated heterocycles. The first-order chi connectivity index (χ1) is 10.3. The van der Waals surface area contributed by atoms with Crippen molar-refractivity contribution in [3.8, 4) is 11.8 Å². The second-order valence-corrected chi connectivity index (χ2v) is 4.40. The average Bonchev–Trinajstić information content (AvgIpc) is 2.54. The molecule has 0 saturated carbocycles. The van der Waals surface area contributed by atoms with E-state index in [9.17, 15) is 0 Å². The number of hydrogen-bond acceptors (Lipinski definition) is 5. The maximum absolute atomic E-state index is 5.42. The van der Waals surface area contributed by atoms with Crippen LogP contribution >= 0.6 is 0 Å². The second-order valence-electron chi connectivity index (χ2n) is 4.40. The number of hydrogen-bond donors (Lipinski definition) is 1. The molecule has 0 aliphatic rings. The molecule has 0 unspecified atom stereocenters. The van der Waals surface area contributed by atoms with Gasteiger partial charge in [-0.05, 0) is 24.3 Å². The lowest BCUT2D eigenvalue weighted by Gasteiger charge is -2.12. The number of para-hydroxylation sites is 1. The van der Waals surface area contributed by atoms with E-state index in [1.807, 2.05) is 48.5 Å². The number of rotatable bonds is 4. The number of nitrogens with zero attached hydrogens (tertiary/aromatic N) is 2. The highest BCUT2D eigenvalue weighted by Crippen LogP contribution is 2.32. The molecule has 0 aliphatic heterocycles. The second kappa shape index (κ2) is 5.66. The minimum atomic E-state index is 0.314. The van der Waals surface area contributed by atoms with Gasteiger partial charge in [0.25, 0.3) is 0 Å². The predicted octanol–water partition coefficient (Wildman–Crippen LogP) is 3.39. The van der Waals surface area contributed by atoms with Gasteiger partial charge in [-0.25, -0.2) is 0 Å². The SMILES string of the molecule is COc1nc(Nc2ccccc2)c2c(OC)cccc2n1. The van der Waals surface area contributed by atoms with Crippen molar-refractivity contribution in [2.75, 3.05) is 19.5 Å². The predicted molar refractivity (Wildman–Crippen MR) is 82.4 cm³/mol. The summed E-state index contributed by atoms with van der Waals surface area (Å²) in [6.07, 6.45) is 0. The number of fused-ring (bicyclic) bond motifs is 1. The fraction of sp³-hybridized carbons (Fsp3) is 0.125. The molecule has 21 heavy (non-hydrogen) atoms. The third-order valence-corrected chi connectivity index (χ3v) is 3.10. The first-order valence-corrected chi connectivity index (χ1v) is 6.52. The van der Waals surface area contributed by atoms with Gasteiger partial charge < -0.3 is 14.8 Å². The summed E-state index contributed by atoms with van der Waals surface area (Å²) in [5.41, 5.74) is 1.70. The minimum absolute atomic E-state index is 0.314. The van der Waals surface area contributed by atoms with Crippen LogP contribution in [-0.2, 0) is 0 Å². The zero-order valence-electron chi connectivity index (χ0n) is 11.8. The molecule has 5 nitrogen and oxygen atoms in total. The van der Waals surface area contributed by atoms with Crippen molar-refractivity contribution >= 4 is 22.4 Å². The number of nitrogens with one attached hydrogen (secondary N) is 1. The Morgan fingerprint density at radius 2 is 1.67 bits per heavy atom. The highest BCUT2D eigenvalue weighted by molar-refractivity contribution is 5.96. The topological polar surface area (TPSA) is 56.3 Å². The van der Waals surface area contributed by atoms with Crippen LogP contribution in [0.15, 0.2) is 48.5 Å². The number of benzene rings is 2. The highest BCUT2D eigenvalue weighted by Gasteiger charge is 2.12. The summed E-state index contributed by atoms with van der Waals surface area (Å²) in [5.74, 6) is 1.37.